The summed E-state index contributed by atoms with van der Waals surface area (Å²) in [5.41, 5.74) is 9.29. The van der Waals surface area contributed by atoms with Crippen LogP contribution in [0.25, 0.3) is 5.76 Å². The van der Waals surface area contributed by atoms with Crippen molar-refractivity contribution in [2.75, 3.05) is 4.31 Å². The van der Waals surface area contributed by atoms with Gasteiger partial charge in [0.05, 0.1) is 18.2 Å². The number of nitrogens with zero attached hydrogens (tertiary/aromatic N) is 2. The largest absolute Gasteiger partial charge is 0.439 e. The Labute approximate surface area is 197 Å². The molecule has 34 heavy (non-hydrogen) atoms. The van der Waals surface area contributed by atoms with Crippen LogP contribution in [-0.4, -0.2) is 8.42 Å². The van der Waals surface area contributed by atoms with E-state index in [1.807, 2.05) is 25.1 Å². The molecule has 0 amide bonds. The SMILES string of the molecule is Cc1cccc([C@@H]2C(C#N)=C(N)OC3=C2S(=O)(=O)N(Cc2ccc(F)cc2)c2ccccc23)c1. The van der Waals surface area contributed by atoms with Crippen molar-refractivity contribution in [1.82, 2.24) is 0 Å². The number of benzene rings is 3. The van der Waals surface area contributed by atoms with Crippen LogP contribution in [0.5, 0.6) is 0 Å². The second-order valence-electron chi connectivity index (χ2n) is 8.19. The van der Waals surface area contributed by atoms with Gasteiger partial charge in [-0.15, -0.1) is 0 Å². The Morgan fingerprint density at radius 2 is 1.82 bits per heavy atom. The van der Waals surface area contributed by atoms with Crippen LogP contribution in [0.15, 0.2) is 89.2 Å². The second-order valence-corrected chi connectivity index (χ2v) is 10.0. The number of allylic oxidation sites excluding steroid dienone is 2. The van der Waals surface area contributed by atoms with E-state index >= 15 is 0 Å². The Kier molecular flexibility index (Phi) is 5.14. The number of hydrogen-bond donors (Lipinski definition) is 1. The molecule has 1 atom stereocenters. The predicted molar refractivity (Wildman–Crippen MR) is 127 cm³/mol. The Morgan fingerprint density at radius 1 is 1.09 bits per heavy atom. The Balaban J connectivity index is 1.76. The van der Waals surface area contributed by atoms with Crippen molar-refractivity contribution in [3.05, 3.63) is 117 Å². The highest BCUT2D eigenvalue weighted by atomic mass is 32.2. The Morgan fingerprint density at radius 3 is 2.53 bits per heavy atom. The summed E-state index contributed by atoms with van der Waals surface area (Å²) in [5.74, 6) is -1.34. The normalized spacial score (nSPS) is 18.6. The number of ether oxygens (including phenoxy) is 1. The summed E-state index contributed by atoms with van der Waals surface area (Å²) in [7, 11) is -4.17. The van der Waals surface area contributed by atoms with E-state index < -0.39 is 21.8 Å². The van der Waals surface area contributed by atoms with E-state index in [-0.39, 0.29) is 28.7 Å². The van der Waals surface area contributed by atoms with Gasteiger partial charge in [0.25, 0.3) is 10.0 Å². The number of sulfonamides is 1. The second kappa shape index (κ2) is 8.04. The fourth-order valence-electron chi connectivity index (χ4n) is 4.42. The standard InChI is InChI=1S/C26H20FN3O3S/c1-16-5-4-6-18(13-16)23-21(14-28)26(29)33-24-20-7-2-3-8-22(20)30(34(31,32)25(23)24)15-17-9-11-19(27)12-10-17/h2-13,23H,15,29H2,1H3/t23-/m1/s1. The number of fused-ring (bicyclic) bond motifs is 2. The first-order valence-corrected chi connectivity index (χ1v) is 12.0. The van der Waals surface area contributed by atoms with Crippen molar-refractivity contribution in [1.29, 1.82) is 5.26 Å². The molecule has 5 rings (SSSR count). The lowest BCUT2D eigenvalue weighted by molar-refractivity contribution is 0.357. The number of rotatable bonds is 3. The highest BCUT2D eigenvalue weighted by Crippen LogP contribution is 2.51. The zero-order valence-corrected chi connectivity index (χ0v) is 19.0. The molecule has 3 aromatic carbocycles. The fourth-order valence-corrected chi connectivity index (χ4v) is 6.33. The highest BCUT2D eigenvalue weighted by Gasteiger charge is 2.47. The minimum absolute atomic E-state index is 0.0158. The van der Waals surface area contributed by atoms with E-state index in [1.54, 1.807) is 42.5 Å². The van der Waals surface area contributed by atoms with Crippen LogP contribution in [0, 0.1) is 24.1 Å². The van der Waals surface area contributed by atoms with Gasteiger partial charge in [-0.2, -0.15) is 5.26 Å². The van der Waals surface area contributed by atoms with Crippen LogP contribution in [-0.2, 0) is 21.3 Å². The Bertz CT molecular complexity index is 1520. The maximum Gasteiger partial charge on any atom is 0.265 e. The zero-order chi connectivity index (χ0) is 24.0. The molecule has 0 radical (unpaired) electrons. The van der Waals surface area contributed by atoms with Gasteiger partial charge < -0.3 is 10.5 Å². The lowest BCUT2D eigenvalue weighted by Crippen LogP contribution is -2.39. The molecular weight excluding hydrogens is 453 g/mol. The molecule has 0 saturated heterocycles. The van der Waals surface area contributed by atoms with E-state index in [4.69, 9.17) is 10.5 Å². The van der Waals surface area contributed by atoms with E-state index in [0.29, 0.717) is 22.4 Å². The lowest BCUT2D eigenvalue weighted by atomic mass is 9.87. The third-order valence-corrected chi connectivity index (χ3v) is 7.86. The third-order valence-electron chi connectivity index (χ3n) is 5.97. The van der Waals surface area contributed by atoms with E-state index in [1.165, 1.54) is 16.4 Å². The molecule has 2 N–H and O–H groups in total. The number of para-hydroxylation sites is 1. The molecule has 3 aromatic rings. The van der Waals surface area contributed by atoms with Gasteiger partial charge in [0.2, 0.25) is 5.88 Å². The molecule has 0 fully saturated rings. The van der Waals surface area contributed by atoms with Gasteiger partial charge >= 0.3 is 0 Å². The molecule has 0 spiro atoms. The van der Waals surface area contributed by atoms with Gasteiger partial charge in [0.15, 0.2) is 5.76 Å². The van der Waals surface area contributed by atoms with Crippen LogP contribution in [0.4, 0.5) is 10.1 Å². The zero-order valence-electron chi connectivity index (χ0n) is 18.2. The fraction of sp³-hybridized carbons (Fsp3) is 0.115. The monoisotopic (exact) mass is 473 g/mol. The molecule has 0 unspecified atom stereocenters. The first kappa shape index (κ1) is 21.7. The molecule has 170 valence electrons. The van der Waals surface area contributed by atoms with Crippen LogP contribution < -0.4 is 10.0 Å². The predicted octanol–water partition coefficient (Wildman–Crippen LogP) is 4.66. The molecule has 8 heteroatoms. The van der Waals surface area contributed by atoms with Gasteiger partial charge in [-0.3, -0.25) is 4.31 Å². The smallest absolute Gasteiger partial charge is 0.265 e. The summed E-state index contributed by atoms with van der Waals surface area (Å²) in [6.07, 6.45) is 0. The van der Waals surface area contributed by atoms with Crippen molar-refractivity contribution in [3.63, 3.8) is 0 Å². The van der Waals surface area contributed by atoms with Crippen LogP contribution in [0.3, 0.4) is 0 Å². The first-order chi connectivity index (χ1) is 16.3. The summed E-state index contributed by atoms with van der Waals surface area (Å²) < 4.78 is 48.9. The first-order valence-electron chi connectivity index (χ1n) is 10.6. The minimum atomic E-state index is -4.17. The summed E-state index contributed by atoms with van der Waals surface area (Å²) in [4.78, 5) is -0.0374. The molecule has 2 aliphatic heterocycles. The number of anilines is 1. The average Bonchev–Trinajstić information content (AvgIpc) is 2.82. The quantitative estimate of drug-likeness (QED) is 0.597. The van der Waals surface area contributed by atoms with Crippen molar-refractivity contribution in [2.45, 2.75) is 19.4 Å². The number of aryl methyl sites for hydroxylation is 1. The van der Waals surface area contributed by atoms with Crippen molar-refractivity contribution >= 4 is 21.5 Å². The number of nitrogens with two attached hydrogens (primary N) is 1. The number of halogens is 1. The summed E-state index contributed by atoms with van der Waals surface area (Å²) in [6, 6.07) is 22.0. The molecule has 0 aromatic heterocycles. The highest BCUT2D eigenvalue weighted by molar-refractivity contribution is 7.96. The minimum Gasteiger partial charge on any atom is -0.439 e. The molecule has 6 nitrogen and oxygen atoms in total. The summed E-state index contributed by atoms with van der Waals surface area (Å²) in [6.45, 7) is 1.88. The summed E-state index contributed by atoms with van der Waals surface area (Å²) >= 11 is 0. The Hall–Kier alpha value is -4.09. The lowest BCUT2D eigenvalue weighted by Gasteiger charge is -2.38. The van der Waals surface area contributed by atoms with Crippen LogP contribution >= 0.6 is 0 Å². The molecule has 2 aliphatic rings. The van der Waals surface area contributed by atoms with Gasteiger partial charge in [-0.1, -0.05) is 54.1 Å². The molecule has 0 saturated carbocycles. The van der Waals surface area contributed by atoms with E-state index in [2.05, 4.69) is 6.07 Å². The average molecular weight is 474 g/mol. The van der Waals surface area contributed by atoms with Crippen LogP contribution in [0.1, 0.15) is 28.2 Å². The van der Waals surface area contributed by atoms with E-state index in [9.17, 15) is 18.1 Å². The molecular formula is C26H20FN3O3S. The van der Waals surface area contributed by atoms with Gasteiger partial charge in [-0.25, -0.2) is 12.8 Å². The third kappa shape index (κ3) is 3.42. The molecule has 0 aliphatic carbocycles. The topological polar surface area (TPSA) is 96.4 Å². The molecule has 2 heterocycles. The van der Waals surface area contributed by atoms with E-state index in [0.717, 1.165) is 5.56 Å². The van der Waals surface area contributed by atoms with Gasteiger partial charge in [-0.05, 0) is 42.3 Å². The van der Waals surface area contributed by atoms with Crippen LogP contribution in [0.2, 0.25) is 0 Å². The molecule has 0 bridgehead atoms. The maximum absolute atomic E-state index is 14.2. The summed E-state index contributed by atoms with van der Waals surface area (Å²) in [5, 5.41) is 9.91. The van der Waals surface area contributed by atoms with Gasteiger partial charge in [0, 0.05) is 5.56 Å². The van der Waals surface area contributed by atoms with Crippen molar-refractivity contribution in [2.24, 2.45) is 5.73 Å². The van der Waals surface area contributed by atoms with Crippen molar-refractivity contribution in [3.8, 4) is 6.07 Å². The maximum atomic E-state index is 14.2. The number of hydrogen-bond acceptors (Lipinski definition) is 5. The van der Waals surface area contributed by atoms with Crippen molar-refractivity contribution < 1.29 is 17.5 Å². The number of nitriles is 1. The van der Waals surface area contributed by atoms with Gasteiger partial charge in [0.1, 0.15) is 22.4 Å².